The van der Waals surface area contributed by atoms with Gasteiger partial charge in [-0.05, 0) is 35.8 Å². The smallest absolute Gasteiger partial charge is 0.275 e. The van der Waals surface area contributed by atoms with Crippen molar-refractivity contribution in [3.8, 4) is 11.5 Å². The van der Waals surface area contributed by atoms with Gasteiger partial charge in [-0.1, -0.05) is 50.5 Å². The van der Waals surface area contributed by atoms with E-state index >= 15 is 0 Å². The molecule has 2 heterocycles. The van der Waals surface area contributed by atoms with Gasteiger partial charge < -0.3 is 9.26 Å². The number of aromatic nitrogens is 2. The van der Waals surface area contributed by atoms with Gasteiger partial charge in [0.2, 0.25) is 5.89 Å². The zero-order valence-electron chi connectivity index (χ0n) is 14.3. The average Bonchev–Trinajstić information content (AvgIpc) is 3.11. The van der Waals surface area contributed by atoms with Gasteiger partial charge in [-0.3, -0.25) is 4.90 Å². The summed E-state index contributed by atoms with van der Waals surface area (Å²) < 4.78 is 11.5. The molecule has 0 fully saturated rings. The van der Waals surface area contributed by atoms with Crippen LogP contribution in [0, 0.1) is 0 Å². The number of para-hydroxylation sites is 4. The first kappa shape index (κ1) is 15.7. The molecule has 0 bridgehead atoms. The number of nitrogens with zero attached hydrogens (tertiary/aromatic N) is 3. The highest BCUT2D eigenvalue weighted by atomic mass is 16.5. The molecule has 25 heavy (non-hydrogen) atoms. The van der Waals surface area contributed by atoms with Crippen LogP contribution in [0.15, 0.2) is 53.1 Å². The second kappa shape index (κ2) is 6.97. The quantitative estimate of drug-likeness (QED) is 0.419. The van der Waals surface area contributed by atoms with Gasteiger partial charge >= 0.3 is 0 Å². The average molecular weight is 335 g/mol. The maximum atomic E-state index is 6.00. The standard InChI is InChI=1S/C20H21N3O2/c1-2-3-4-5-14-19-21-20(22-25-19)23-15-10-6-8-12-17(15)24-18-13-9-7-11-16(18)23/h6-13H,2-5,14H2,1H3. The molecule has 5 nitrogen and oxygen atoms in total. The van der Waals surface area contributed by atoms with Crippen molar-refractivity contribution in [1.29, 1.82) is 0 Å². The zero-order chi connectivity index (χ0) is 17.1. The lowest BCUT2D eigenvalue weighted by molar-refractivity contribution is 0.373. The molecule has 128 valence electrons. The normalized spacial score (nSPS) is 12.4. The molecular weight excluding hydrogens is 314 g/mol. The SMILES string of the molecule is CCCCCCc1nc(N2c3ccccc3Oc3ccccc32)no1. The minimum absolute atomic E-state index is 0.550. The summed E-state index contributed by atoms with van der Waals surface area (Å²) in [6, 6.07) is 15.8. The Kier molecular flexibility index (Phi) is 4.37. The number of fused-ring (bicyclic) bond motifs is 2. The fourth-order valence-electron chi connectivity index (χ4n) is 3.06. The predicted molar refractivity (Wildman–Crippen MR) is 96.9 cm³/mol. The molecule has 0 radical (unpaired) electrons. The minimum atomic E-state index is 0.550. The van der Waals surface area contributed by atoms with Crippen LogP contribution in [0.25, 0.3) is 0 Å². The summed E-state index contributed by atoms with van der Waals surface area (Å²) in [6.07, 6.45) is 5.55. The van der Waals surface area contributed by atoms with Crippen LogP contribution < -0.4 is 9.64 Å². The van der Waals surface area contributed by atoms with Crippen molar-refractivity contribution in [2.75, 3.05) is 4.90 Å². The van der Waals surface area contributed by atoms with Crippen LogP contribution >= 0.6 is 0 Å². The van der Waals surface area contributed by atoms with Crippen molar-refractivity contribution in [3.63, 3.8) is 0 Å². The van der Waals surface area contributed by atoms with E-state index in [1.54, 1.807) is 0 Å². The Hall–Kier alpha value is -2.82. The fourth-order valence-corrected chi connectivity index (χ4v) is 3.06. The van der Waals surface area contributed by atoms with Crippen LogP contribution in [0.3, 0.4) is 0 Å². The van der Waals surface area contributed by atoms with Gasteiger partial charge in [0, 0.05) is 6.42 Å². The number of rotatable bonds is 6. The molecule has 2 aromatic carbocycles. The second-order valence-corrected chi connectivity index (χ2v) is 6.17. The van der Waals surface area contributed by atoms with E-state index in [1.807, 2.05) is 53.4 Å². The van der Waals surface area contributed by atoms with Gasteiger partial charge in [-0.2, -0.15) is 4.98 Å². The van der Waals surface area contributed by atoms with Crippen molar-refractivity contribution >= 4 is 17.3 Å². The van der Waals surface area contributed by atoms with Gasteiger partial charge in [0.15, 0.2) is 11.5 Å². The number of aryl methyl sites for hydroxylation is 1. The van der Waals surface area contributed by atoms with Crippen LogP contribution in [0.1, 0.15) is 38.5 Å². The third-order valence-electron chi connectivity index (χ3n) is 4.33. The molecule has 4 rings (SSSR count). The number of hydrogen-bond donors (Lipinski definition) is 0. The molecule has 1 aliphatic heterocycles. The number of ether oxygens (including phenoxy) is 1. The maximum Gasteiger partial charge on any atom is 0.275 e. The zero-order valence-corrected chi connectivity index (χ0v) is 14.3. The highest BCUT2D eigenvalue weighted by molar-refractivity contribution is 5.83. The van der Waals surface area contributed by atoms with Crippen LogP contribution in [0.4, 0.5) is 17.3 Å². The van der Waals surface area contributed by atoms with Crippen molar-refractivity contribution in [1.82, 2.24) is 10.1 Å². The molecule has 0 spiro atoms. The lowest BCUT2D eigenvalue weighted by atomic mass is 10.1. The Morgan fingerprint density at radius 3 is 2.24 bits per heavy atom. The molecule has 1 aliphatic rings. The van der Waals surface area contributed by atoms with E-state index in [4.69, 9.17) is 9.26 Å². The molecule has 1 aromatic heterocycles. The molecule has 0 N–H and O–H groups in total. The molecule has 5 heteroatoms. The topological polar surface area (TPSA) is 51.4 Å². The second-order valence-electron chi connectivity index (χ2n) is 6.17. The first-order chi connectivity index (χ1) is 12.4. The van der Waals surface area contributed by atoms with Crippen LogP contribution in [0.5, 0.6) is 11.5 Å². The molecule has 0 saturated carbocycles. The van der Waals surface area contributed by atoms with E-state index in [9.17, 15) is 0 Å². The van der Waals surface area contributed by atoms with Crippen molar-refractivity contribution < 1.29 is 9.26 Å². The minimum Gasteiger partial charge on any atom is -0.453 e. The Morgan fingerprint density at radius 1 is 0.880 bits per heavy atom. The Labute approximate surface area is 147 Å². The summed E-state index contributed by atoms with van der Waals surface area (Å²) in [5, 5.41) is 4.22. The molecule has 0 saturated heterocycles. The van der Waals surface area contributed by atoms with Crippen LogP contribution in [-0.4, -0.2) is 10.1 Å². The summed E-state index contributed by atoms with van der Waals surface area (Å²) in [6.45, 7) is 2.21. The van der Waals surface area contributed by atoms with E-state index in [0.29, 0.717) is 11.8 Å². The molecule has 0 amide bonds. The summed E-state index contributed by atoms with van der Waals surface area (Å²) in [4.78, 5) is 6.62. The summed E-state index contributed by atoms with van der Waals surface area (Å²) in [5.41, 5.74) is 1.83. The van der Waals surface area contributed by atoms with E-state index in [-0.39, 0.29) is 0 Å². The van der Waals surface area contributed by atoms with Gasteiger partial charge in [0.05, 0.1) is 11.4 Å². The fraction of sp³-hybridized carbons (Fsp3) is 0.300. The van der Waals surface area contributed by atoms with E-state index < -0.39 is 0 Å². The first-order valence-electron chi connectivity index (χ1n) is 8.85. The highest BCUT2D eigenvalue weighted by Crippen LogP contribution is 2.49. The van der Waals surface area contributed by atoms with Crippen molar-refractivity contribution in [2.24, 2.45) is 0 Å². The molecule has 0 atom stereocenters. The van der Waals surface area contributed by atoms with E-state index in [2.05, 4.69) is 17.1 Å². The van der Waals surface area contributed by atoms with Crippen molar-refractivity contribution in [2.45, 2.75) is 39.0 Å². The third kappa shape index (κ3) is 3.09. The number of anilines is 3. The monoisotopic (exact) mass is 335 g/mol. The number of hydrogen-bond acceptors (Lipinski definition) is 5. The molecule has 0 unspecified atom stereocenters. The largest absolute Gasteiger partial charge is 0.453 e. The maximum absolute atomic E-state index is 6.00. The van der Waals surface area contributed by atoms with Crippen LogP contribution in [-0.2, 0) is 6.42 Å². The Balaban J connectivity index is 1.65. The van der Waals surface area contributed by atoms with E-state index in [1.165, 1.54) is 19.3 Å². The van der Waals surface area contributed by atoms with Crippen molar-refractivity contribution in [3.05, 3.63) is 54.4 Å². The van der Waals surface area contributed by atoms with Gasteiger partial charge in [-0.25, -0.2) is 0 Å². The summed E-state index contributed by atoms with van der Waals surface area (Å²) in [5.74, 6) is 2.81. The van der Waals surface area contributed by atoms with E-state index in [0.717, 1.165) is 35.7 Å². The summed E-state index contributed by atoms with van der Waals surface area (Å²) >= 11 is 0. The summed E-state index contributed by atoms with van der Waals surface area (Å²) in [7, 11) is 0. The van der Waals surface area contributed by atoms with Crippen LogP contribution in [0.2, 0.25) is 0 Å². The third-order valence-corrected chi connectivity index (χ3v) is 4.33. The number of unbranched alkanes of at least 4 members (excludes halogenated alkanes) is 3. The predicted octanol–water partition coefficient (Wildman–Crippen LogP) is 5.77. The van der Waals surface area contributed by atoms with Gasteiger partial charge in [-0.15, -0.1) is 0 Å². The molecule has 0 aliphatic carbocycles. The van der Waals surface area contributed by atoms with Gasteiger partial charge in [0.1, 0.15) is 0 Å². The lowest BCUT2D eigenvalue weighted by Gasteiger charge is -2.29. The van der Waals surface area contributed by atoms with Gasteiger partial charge in [0.25, 0.3) is 5.95 Å². The molecule has 3 aromatic rings. The first-order valence-corrected chi connectivity index (χ1v) is 8.85. The molecular formula is C20H21N3O2. The Bertz CT molecular complexity index is 814. The number of benzene rings is 2. The highest BCUT2D eigenvalue weighted by Gasteiger charge is 2.28. The Morgan fingerprint density at radius 2 is 1.56 bits per heavy atom. The lowest BCUT2D eigenvalue weighted by Crippen LogP contribution is -2.16.